The fraction of sp³-hybridized carbons (Fsp3) is 0.286. The summed E-state index contributed by atoms with van der Waals surface area (Å²) in [5, 5.41) is 11.1. The van der Waals surface area contributed by atoms with Crippen molar-refractivity contribution in [3.63, 3.8) is 0 Å². The van der Waals surface area contributed by atoms with E-state index in [1.807, 2.05) is 0 Å². The molecule has 0 atom stereocenters. The van der Waals surface area contributed by atoms with Gasteiger partial charge in [-0.2, -0.15) is 13.2 Å². The van der Waals surface area contributed by atoms with Crippen molar-refractivity contribution in [3.05, 3.63) is 45.6 Å². The van der Waals surface area contributed by atoms with E-state index >= 15 is 0 Å². The molecule has 2 heterocycles. The van der Waals surface area contributed by atoms with Crippen molar-refractivity contribution in [2.75, 3.05) is 23.3 Å². The van der Waals surface area contributed by atoms with Crippen molar-refractivity contribution >= 4 is 34.7 Å². The summed E-state index contributed by atoms with van der Waals surface area (Å²) in [6, 6.07) is 5.15. The lowest BCUT2D eigenvalue weighted by molar-refractivity contribution is -0.138. The molecule has 23 heavy (non-hydrogen) atoms. The quantitative estimate of drug-likeness (QED) is 0.867. The zero-order chi connectivity index (χ0) is 16.6. The second kappa shape index (κ2) is 6.05. The number of halogens is 5. The van der Waals surface area contributed by atoms with Gasteiger partial charge in [0.05, 0.1) is 11.3 Å². The summed E-state index contributed by atoms with van der Waals surface area (Å²) in [5.74, 6) is 0.497. The largest absolute Gasteiger partial charge is 0.416 e. The lowest BCUT2D eigenvalue weighted by Crippen LogP contribution is -2.34. The van der Waals surface area contributed by atoms with E-state index in [0.29, 0.717) is 24.6 Å². The lowest BCUT2D eigenvalue weighted by atomic mass is 10.1. The molecule has 0 saturated heterocycles. The molecule has 1 N–H and O–H groups in total. The normalized spacial score (nSPS) is 14.4. The Morgan fingerprint density at radius 2 is 1.96 bits per heavy atom. The van der Waals surface area contributed by atoms with Crippen LogP contribution in [0.3, 0.4) is 0 Å². The smallest absolute Gasteiger partial charge is 0.365 e. The Morgan fingerprint density at radius 1 is 1.17 bits per heavy atom. The molecule has 0 unspecified atom stereocenters. The van der Waals surface area contributed by atoms with Crippen LogP contribution < -0.4 is 10.2 Å². The fourth-order valence-electron chi connectivity index (χ4n) is 2.50. The maximum Gasteiger partial charge on any atom is 0.416 e. The monoisotopic (exact) mass is 362 g/mol. The number of hydrogen-bond acceptors (Lipinski definition) is 4. The number of fused-ring (bicyclic) bond motifs is 1. The molecule has 0 spiro atoms. The molecule has 4 nitrogen and oxygen atoms in total. The highest BCUT2D eigenvalue weighted by Crippen LogP contribution is 2.36. The van der Waals surface area contributed by atoms with Gasteiger partial charge < -0.3 is 10.2 Å². The third-order valence-corrected chi connectivity index (χ3v) is 3.91. The predicted molar refractivity (Wildman–Crippen MR) is 83.0 cm³/mol. The van der Waals surface area contributed by atoms with Crippen LogP contribution in [0.1, 0.15) is 11.1 Å². The summed E-state index contributed by atoms with van der Waals surface area (Å²) in [6.07, 6.45) is -4.44. The molecule has 122 valence electrons. The number of hydrogen-bond donors (Lipinski definition) is 1. The summed E-state index contributed by atoms with van der Waals surface area (Å²) >= 11 is 11.7. The minimum atomic E-state index is -4.44. The highest BCUT2D eigenvalue weighted by Gasteiger charge is 2.34. The van der Waals surface area contributed by atoms with Gasteiger partial charge in [0.15, 0.2) is 11.0 Å². The summed E-state index contributed by atoms with van der Waals surface area (Å²) in [5.41, 5.74) is 0.0187. The fourth-order valence-corrected chi connectivity index (χ4v) is 2.83. The first-order valence-electron chi connectivity index (χ1n) is 6.72. The molecule has 1 aliphatic rings. The minimum absolute atomic E-state index is 0.0477. The van der Waals surface area contributed by atoms with E-state index in [9.17, 15) is 13.2 Å². The van der Waals surface area contributed by atoms with Gasteiger partial charge in [0.25, 0.3) is 0 Å². The standard InChI is InChI=1S/C14H11Cl2F3N4/c15-9-1-2-10(14(17,18)19)8(5-9)7-23-4-3-20-13-11(23)6-12(16)21-22-13/h1-2,5-6H,3-4,7H2,(H,20,22). The van der Waals surface area contributed by atoms with Crippen molar-refractivity contribution in [2.45, 2.75) is 12.7 Å². The third kappa shape index (κ3) is 3.45. The summed E-state index contributed by atoms with van der Waals surface area (Å²) in [7, 11) is 0. The molecular weight excluding hydrogens is 352 g/mol. The van der Waals surface area contributed by atoms with E-state index in [1.165, 1.54) is 12.1 Å². The zero-order valence-corrected chi connectivity index (χ0v) is 13.2. The van der Waals surface area contributed by atoms with Crippen LogP contribution in [0.2, 0.25) is 10.2 Å². The minimum Gasteiger partial charge on any atom is -0.365 e. The van der Waals surface area contributed by atoms with Crippen molar-refractivity contribution in [1.29, 1.82) is 0 Å². The van der Waals surface area contributed by atoms with E-state index in [-0.39, 0.29) is 22.3 Å². The van der Waals surface area contributed by atoms with Crippen LogP contribution in [0.4, 0.5) is 24.7 Å². The SMILES string of the molecule is FC(F)(F)c1ccc(Cl)cc1CN1CCNc2nnc(Cl)cc21. The average Bonchev–Trinajstić information content (AvgIpc) is 2.46. The van der Waals surface area contributed by atoms with E-state index in [0.717, 1.165) is 6.07 Å². The third-order valence-electron chi connectivity index (χ3n) is 3.49. The Labute approximate surface area is 140 Å². The summed E-state index contributed by atoms with van der Waals surface area (Å²) < 4.78 is 39.5. The molecule has 3 rings (SSSR count). The van der Waals surface area contributed by atoms with E-state index in [2.05, 4.69) is 15.5 Å². The van der Waals surface area contributed by atoms with Gasteiger partial charge in [-0.25, -0.2) is 0 Å². The maximum absolute atomic E-state index is 13.2. The molecule has 0 saturated carbocycles. The van der Waals surface area contributed by atoms with Crippen molar-refractivity contribution in [3.8, 4) is 0 Å². The molecule has 0 aliphatic carbocycles. The van der Waals surface area contributed by atoms with E-state index in [4.69, 9.17) is 23.2 Å². The topological polar surface area (TPSA) is 41.0 Å². The summed E-state index contributed by atoms with van der Waals surface area (Å²) in [4.78, 5) is 1.77. The Kier molecular flexibility index (Phi) is 4.25. The molecule has 0 fully saturated rings. The highest BCUT2D eigenvalue weighted by atomic mass is 35.5. The zero-order valence-electron chi connectivity index (χ0n) is 11.7. The van der Waals surface area contributed by atoms with Crippen LogP contribution in [-0.2, 0) is 12.7 Å². The molecule has 0 amide bonds. The van der Waals surface area contributed by atoms with Gasteiger partial charge in [-0.1, -0.05) is 23.2 Å². The molecule has 1 aromatic carbocycles. The first-order valence-corrected chi connectivity index (χ1v) is 7.48. The average molecular weight is 363 g/mol. The number of nitrogens with one attached hydrogen (secondary N) is 1. The van der Waals surface area contributed by atoms with Gasteiger partial charge in [-0.15, -0.1) is 10.2 Å². The van der Waals surface area contributed by atoms with Crippen LogP contribution in [0.25, 0.3) is 0 Å². The number of rotatable bonds is 2. The number of nitrogens with zero attached hydrogens (tertiary/aromatic N) is 3. The molecule has 1 aliphatic heterocycles. The number of alkyl halides is 3. The van der Waals surface area contributed by atoms with Gasteiger partial charge in [-0.05, 0) is 23.8 Å². The van der Waals surface area contributed by atoms with Crippen LogP contribution in [0.15, 0.2) is 24.3 Å². The van der Waals surface area contributed by atoms with Crippen LogP contribution >= 0.6 is 23.2 Å². The predicted octanol–water partition coefficient (Wildman–Crippen LogP) is 4.23. The lowest BCUT2D eigenvalue weighted by Gasteiger charge is -2.31. The molecule has 9 heteroatoms. The molecule has 0 bridgehead atoms. The van der Waals surface area contributed by atoms with Crippen molar-refractivity contribution in [1.82, 2.24) is 10.2 Å². The second-order valence-electron chi connectivity index (χ2n) is 5.05. The van der Waals surface area contributed by atoms with Crippen LogP contribution in [0.5, 0.6) is 0 Å². The Bertz CT molecular complexity index is 736. The Balaban J connectivity index is 1.98. The van der Waals surface area contributed by atoms with Gasteiger partial charge >= 0.3 is 6.18 Å². The molecule has 2 aromatic rings. The number of anilines is 2. The maximum atomic E-state index is 13.2. The van der Waals surface area contributed by atoms with E-state index < -0.39 is 11.7 Å². The summed E-state index contributed by atoms with van der Waals surface area (Å²) in [6.45, 7) is 1.11. The van der Waals surface area contributed by atoms with Crippen molar-refractivity contribution in [2.24, 2.45) is 0 Å². The second-order valence-corrected chi connectivity index (χ2v) is 5.87. The van der Waals surface area contributed by atoms with Crippen molar-refractivity contribution < 1.29 is 13.2 Å². The first kappa shape index (κ1) is 16.1. The number of aromatic nitrogens is 2. The van der Waals surface area contributed by atoms with Crippen LogP contribution in [0, 0.1) is 0 Å². The Morgan fingerprint density at radius 3 is 2.70 bits per heavy atom. The molecular formula is C14H11Cl2F3N4. The van der Waals surface area contributed by atoms with Gasteiger partial charge in [-0.3, -0.25) is 0 Å². The molecule has 0 radical (unpaired) electrons. The highest BCUT2D eigenvalue weighted by molar-refractivity contribution is 6.30. The van der Waals surface area contributed by atoms with Gasteiger partial charge in [0.1, 0.15) is 0 Å². The molecule has 1 aromatic heterocycles. The van der Waals surface area contributed by atoms with Crippen LogP contribution in [-0.4, -0.2) is 23.3 Å². The first-order chi connectivity index (χ1) is 10.8. The van der Waals surface area contributed by atoms with Gasteiger partial charge in [0, 0.05) is 30.7 Å². The van der Waals surface area contributed by atoms with Gasteiger partial charge in [0.2, 0.25) is 0 Å². The van der Waals surface area contributed by atoms with E-state index in [1.54, 1.807) is 11.0 Å². The number of benzene rings is 1. The Hall–Kier alpha value is -1.73.